The zero-order valence-electron chi connectivity index (χ0n) is 9.98. The maximum atomic E-state index is 12.0. The minimum atomic E-state index is -4.74. The summed E-state index contributed by atoms with van der Waals surface area (Å²) < 4.78 is 39.8. The number of alkyl halides is 3. The third-order valence-corrected chi connectivity index (χ3v) is 2.47. The first-order chi connectivity index (χ1) is 9.37. The summed E-state index contributed by atoms with van der Waals surface area (Å²) in [6.07, 6.45) is -4.74. The molecule has 6 heteroatoms. The van der Waals surface area contributed by atoms with Crippen LogP contribution in [-0.4, -0.2) is 11.5 Å². The highest BCUT2D eigenvalue weighted by molar-refractivity contribution is 5.67. The molecule has 0 saturated heterocycles. The molecule has 0 radical (unpaired) electrons. The van der Waals surface area contributed by atoms with Gasteiger partial charge in [-0.1, -0.05) is 12.1 Å². The van der Waals surface area contributed by atoms with Crippen LogP contribution in [0.4, 0.5) is 13.2 Å². The first-order valence-corrected chi connectivity index (χ1v) is 5.48. The number of hydrogen-bond acceptors (Lipinski definition) is 3. The highest BCUT2D eigenvalue weighted by Crippen LogP contribution is 2.28. The van der Waals surface area contributed by atoms with Crippen molar-refractivity contribution in [2.24, 2.45) is 0 Å². The van der Waals surface area contributed by atoms with E-state index in [4.69, 9.17) is 5.26 Å². The molecule has 0 unspecified atom stereocenters. The first-order valence-electron chi connectivity index (χ1n) is 5.48. The SMILES string of the molecule is N#Cc1cc(O)cc(-c2ccc(OC(F)(F)F)cc2)c1. The Morgan fingerprint density at radius 3 is 2.20 bits per heavy atom. The van der Waals surface area contributed by atoms with Gasteiger partial charge in [-0.05, 0) is 41.5 Å². The lowest BCUT2D eigenvalue weighted by Crippen LogP contribution is -2.16. The summed E-state index contributed by atoms with van der Waals surface area (Å²) in [6.45, 7) is 0. The van der Waals surface area contributed by atoms with E-state index in [2.05, 4.69) is 4.74 Å². The number of nitrogens with zero attached hydrogens (tertiary/aromatic N) is 1. The van der Waals surface area contributed by atoms with Crippen molar-refractivity contribution in [2.45, 2.75) is 6.36 Å². The van der Waals surface area contributed by atoms with Gasteiger partial charge in [0.15, 0.2) is 0 Å². The minimum Gasteiger partial charge on any atom is -0.508 e. The molecule has 1 N–H and O–H groups in total. The number of phenols is 1. The molecular formula is C14H8F3NO2. The van der Waals surface area contributed by atoms with E-state index in [-0.39, 0.29) is 17.1 Å². The van der Waals surface area contributed by atoms with Crippen LogP contribution in [-0.2, 0) is 0 Å². The van der Waals surface area contributed by atoms with Crippen molar-refractivity contribution in [3.8, 4) is 28.7 Å². The second-order valence-corrected chi connectivity index (χ2v) is 3.95. The second kappa shape index (κ2) is 5.13. The molecule has 0 aliphatic carbocycles. The molecule has 0 spiro atoms. The normalized spacial score (nSPS) is 10.9. The predicted molar refractivity (Wildman–Crippen MR) is 64.9 cm³/mol. The third kappa shape index (κ3) is 3.42. The summed E-state index contributed by atoms with van der Waals surface area (Å²) in [4.78, 5) is 0. The Morgan fingerprint density at radius 1 is 1.00 bits per heavy atom. The fourth-order valence-electron chi connectivity index (χ4n) is 1.69. The Balaban J connectivity index is 2.31. The van der Waals surface area contributed by atoms with E-state index in [0.29, 0.717) is 11.1 Å². The Hall–Kier alpha value is -2.68. The molecule has 0 atom stereocenters. The number of halogens is 3. The molecule has 0 bridgehead atoms. The van der Waals surface area contributed by atoms with Crippen LogP contribution in [0.3, 0.4) is 0 Å². The zero-order valence-corrected chi connectivity index (χ0v) is 9.98. The van der Waals surface area contributed by atoms with Crippen LogP contribution in [0.25, 0.3) is 11.1 Å². The van der Waals surface area contributed by atoms with Gasteiger partial charge in [0.25, 0.3) is 0 Å². The van der Waals surface area contributed by atoms with E-state index in [0.717, 1.165) is 0 Å². The van der Waals surface area contributed by atoms with Crippen molar-refractivity contribution in [2.75, 3.05) is 0 Å². The van der Waals surface area contributed by atoms with Gasteiger partial charge in [0, 0.05) is 0 Å². The maximum absolute atomic E-state index is 12.0. The lowest BCUT2D eigenvalue weighted by Gasteiger charge is -2.09. The predicted octanol–water partition coefficient (Wildman–Crippen LogP) is 3.83. The number of phenolic OH excluding ortho intramolecular Hbond substituents is 1. The fraction of sp³-hybridized carbons (Fsp3) is 0.0714. The van der Waals surface area contributed by atoms with Gasteiger partial charge in [-0.3, -0.25) is 0 Å². The van der Waals surface area contributed by atoms with Crippen LogP contribution >= 0.6 is 0 Å². The fourth-order valence-corrected chi connectivity index (χ4v) is 1.69. The van der Waals surface area contributed by atoms with Gasteiger partial charge >= 0.3 is 6.36 Å². The molecule has 2 aromatic rings. The molecule has 3 nitrogen and oxygen atoms in total. The van der Waals surface area contributed by atoms with Gasteiger partial charge in [0.05, 0.1) is 11.6 Å². The monoisotopic (exact) mass is 279 g/mol. The summed E-state index contributed by atoms with van der Waals surface area (Å²) in [7, 11) is 0. The topological polar surface area (TPSA) is 53.2 Å². The molecular weight excluding hydrogens is 271 g/mol. The largest absolute Gasteiger partial charge is 0.573 e. The number of aromatic hydroxyl groups is 1. The molecule has 0 fully saturated rings. The highest BCUT2D eigenvalue weighted by atomic mass is 19.4. The van der Waals surface area contributed by atoms with Crippen LogP contribution in [0.15, 0.2) is 42.5 Å². The van der Waals surface area contributed by atoms with E-state index in [1.165, 1.54) is 42.5 Å². The van der Waals surface area contributed by atoms with Gasteiger partial charge in [0.2, 0.25) is 0 Å². The zero-order chi connectivity index (χ0) is 14.8. The molecule has 102 valence electrons. The highest BCUT2D eigenvalue weighted by Gasteiger charge is 2.30. The average molecular weight is 279 g/mol. The summed E-state index contributed by atoms with van der Waals surface area (Å²) in [5.74, 6) is -0.420. The lowest BCUT2D eigenvalue weighted by atomic mass is 10.0. The van der Waals surface area contributed by atoms with Crippen LogP contribution in [0.1, 0.15) is 5.56 Å². The number of hydrogen-bond donors (Lipinski definition) is 1. The molecule has 2 rings (SSSR count). The number of ether oxygens (including phenoxy) is 1. The standard InChI is InChI=1S/C14H8F3NO2/c15-14(16,17)20-13-3-1-10(2-4-13)11-5-9(8-18)6-12(19)7-11/h1-7,19H. The summed E-state index contributed by atoms with van der Waals surface area (Å²) in [5.41, 5.74) is 1.35. The Morgan fingerprint density at radius 2 is 1.65 bits per heavy atom. The molecule has 2 aromatic carbocycles. The van der Waals surface area contributed by atoms with Crippen LogP contribution in [0.2, 0.25) is 0 Å². The van der Waals surface area contributed by atoms with Crippen LogP contribution in [0.5, 0.6) is 11.5 Å². The maximum Gasteiger partial charge on any atom is 0.573 e. The minimum absolute atomic E-state index is 0.0883. The molecule has 0 saturated carbocycles. The molecule has 20 heavy (non-hydrogen) atoms. The molecule has 0 aliphatic heterocycles. The van der Waals surface area contributed by atoms with Crippen LogP contribution in [0, 0.1) is 11.3 Å². The summed E-state index contributed by atoms with van der Waals surface area (Å²) in [5, 5.41) is 18.3. The van der Waals surface area contributed by atoms with Gasteiger partial charge in [-0.25, -0.2) is 0 Å². The number of nitriles is 1. The van der Waals surface area contributed by atoms with Crippen molar-refractivity contribution in [3.05, 3.63) is 48.0 Å². The molecule has 0 amide bonds. The Bertz CT molecular complexity index is 658. The van der Waals surface area contributed by atoms with E-state index in [1.54, 1.807) is 0 Å². The average Bonchev–Trinajstić information content (AvgIpc) is 2.37. The molecule has 0 heterocycles. The van der Waals surface area contributed by atoms with Crippen molar-refractivity contribution >= 4 is 0 Å². The van der Waals surface area contributed by atoms with E-state index in [9.17, 15) is 18.3 Å². The van der Waals surface area contributed by atoms with E-state index >= 15 is 0 Å². The quantitative estimate of drug-likeness (QED) is 0.908. The third-order valence-electron chi connectivity index (χ3n) is 2.47. The van der Waals surface area contributed by atoms with Gasteiger partial charge in [-0.15, -0.1) is 13.2 Å². The van der Waals surface area contributed by atoms with Crippen molar-refractivity contribution < 1.29 is 23.0 Å². The van der Waals surface area contributed by atoms with Gasteiger partial charge in [-0.2, -0.15) is 5.26 Å². The van der Waals surface area contributed by atoms with E-state index in [1.807, 2.05) is 6.07 Å². The second-order valence-electron chi connectivity index (χ2n) is 3.95. The Labute approximate surface area is 112 Å². The van der Waals surface area contributed by atoms with Crippen molar-refractivity contribution in [1.82, 2.24) is 0 Å². The van der Waals surface area contributed by atoms with Crippen molar-refractivity contribution in [3.63, 3.8) is 0 Å². The molecule has 0 aliphatic rings. The molecule has 0 aromatic heterocycles. The summed E-state index contributed by atoms with van der Waals surface area (Å²) >= 11 is 0. The van der Waals surface area contributed by atoms with Gasteiger partial charge in [0.1, 0.15) is 11.5 Å². The van der Waals surface area contributed by atoms with Crippen LogP contribution < -0.4 is 4.74 Å². The number of benzene rings is 2. The van der Waals surface area contributed by atoms with Crippen molar-refractivity contribution in [1.29, 1.82) is 5.26 Å². The smallest absolute Gasteiger partial charge is 0.508 e. The first kappa shape index (κ1) is 13.7. The van der Waals surface area contributed by atoms with Gasteiger partial charge < -0.3 is 9.84 Å². The number of rotatable bonds is 2. The van der Waals surface area contributed by atoms with E-state index < -0.39 is 6.36 Å². The Kier molecular flexibility index (Phi) is 3.53. The lowest BCUT2D eigenvalue weighted by molar-refractivity contribution is -0.274. The summed E-state index contributed by atoms with van der Waals surface area (Å²) in [6, 6.07) is 11.3.